The molecule has 0 aliphatic rings. The molecule has 0 spiro atoms. The summed E-state index contributed by atoms with van der Waals surface area (Å²) in [5.74, 6) is 5.80. The molecule has 1 aromatic rings. The average Bonchev–Trinajstić information content (AvgIpc) is 1.94. The zero-order valence-corrected chi connectivity index (χ0v) is 7.77. The molecule has 0 aliphatic heterocycles. The van der Waals surface area contributed by atoms with Gasteiger partial charge in [0, 0.05) is 9.13 Å². The lowest BCUT2D eigenvalue weighted by Gasteiger charge is -1.90. The standard InChI is InChI=1S/C9H6I/c1-2-5-8-6-3-4-7-9(8)10/h3-4,7H,1H3. The molecular weight excluding hydrogens is 235 g/mol. The van der Waals surface area contributed by atoms with Gasteiger partial charge in [-0.25, -0.2) is 0 Å². The van der Waals surface area contributed by atoms with Crippen molar-refractivity contribution in [1.82, 2.24) is 0 Å². The minimum Gasteiger partial charge on any atom is -0.101 e. The highest BCUT2D eigenvalue weighted by atomic mass is 127. The van der Waals surface area contributed by atoms with Crippen molar-refractivity contribution < 1.29 is 0 Å². The first-order valence-electron chi connectivity index (χ1n) is 2.93. The minimum absolute atomic E-state index is 0.991. The van der Waals surface area contributed by atoms with E-state index in [0.29, 0.717) is 0 Å². The smallest absolute Gasteiger partial charge is 0.0457 e. The molecular formula is C9H6I. The molecule has 49 valence electrons. The van der Waals surface area contributed by atoms with E-state index in [1.54, 1.807) is 0 Å². The Hall–Kier alpha value is -0.490. The third-order valence-electron chi connectivity index (χ3n) is 1.06. The van der Waals surface area contributed by atoms with Crippen LogP contribution < -0.4 is 0 Å². The van der Waals surface area contributed by atoms with Gasteiger partial charge in [-0.15, -0.1) is 5.92 Å². The third-order valence-corrected chi connectivity index (χ3v) is 1.95. The van der Waals surface area contributed by atoms with E-state index in [1.807, 2.05) is 25.1 Å². The summed E-state index contributed by atoms with van der Waals surface area (Å²) in [4.78, 5) is 0. The van der Waals surface area contributed by atoms with Crippen LogP contribution in [0, 0.1) is 21.5 Å². The molecule has 0 N–H and O–H groups in total. The van der Waals surface area contributed by atoms with Gasteiger partial charge in [-0.1, -0.05) is 18.1 Å². The van der Waals surface area contributed by atoms with Gasteiger partial charge in [-0.05, 0) is 41.6 Å². The third kappa shape index (κ3) is 1.74. The fraction of sp³-hybridized carbons (Fsp3) is 0.111. The number of hydrogen-bond acceptors (Lipinski definition) is 0. The fourth-order valence-electron chi connectivity index (χ4n) is 0.637. The molecule has 1 aromatic carbocycles. The average molecular weight is 241 g/mol. The van der Waals surface area contributed by atoms with E-state index in [0.717, 1.165) is 9.13 Å². The second-order valence-corrected chi connectivity index (χ2v) is 2.93. The molecule has 0 aliphatic carbocycles. The lowest BCUT2D eigenvalue weighted by atomic mass is 10.2. The second kappa shape index (κ2) is 3.62. The molecule has 0 saturated heterocycles. The van der Waals surface area contributed by atoms with Crippen molar-refractivity contribution in [3.8, 4) is 11.8 Å². The Morgan fingerprint density at radius 3 is 3.00 bits per heavy atom. The highest BCUT2D eigenvalue weighted by molar-refractivity contribution is 14.1. The predicted molar refractivity (Wildman–Crippen MR) is 50.5 cm³/mol. The monoisotopic (exact) mass is 241 g/mol. The molecule has 0 fully saturated rings. The van der Waals surface area contributed by atoms with Gasteiger partial charge in [0.15, 0.2) is 0 Å². The Bertz CT molecular complexity index is 278. The lowest BCUT2D eigenvalue weighted by molar-refractivity contribution is 1.57. The fourth-order valence-corrected chi connectivity index (χ4v) is 1.14. The Labute approximate surface area is 74.8 Å². The van der Waals surface area contributed by atoms with E-state index in [2.05, 4.69) is 40.5 Å². The van der Waals surface area contributed by atoms with Crippen molar-refractivity contribution in [2.75, 3.05) is 0 Å². The van der Waals surface area contributed by atoms with Crippen molar-refractivity contribution in [1.29, 1.82) is 0 Å². The van der Waals surface area contributed by atoms with Crippen molar-refractivity contribution in [2.24, 2.45) is 0 Å². The maximum absolute atomic E-state index is 3.06. The van der Waals surface area contributed by atoms with E-state index in [4.69, 9.17) is 0 Å². The van der Waals surface area contributed by atoms with Crippen LogP contribution in [0.4, 0.5) is 0 Å². The summed E-state index contributed by atoms with van der Waals surface area (Å²) in [7, 11) is 0. The Kier molecular flexibility index (Phi) is 2.76. The van der Waals surface area contributed by atoms with Crippen LogP contribution in [0.5, 0.6) is 0 Å². The summed E-state index contributed by atoms with van der Waals surface area (Å²) in [6.07, 6.45) is 0. The van der Waals surface area contributed by atoms with Crippen LogP contribution in [0.1, 0.15) is 12.5 Å². The molecule has 1 radical (unpaired) electrons. The molecule has 0 aromatic heterocycles. The molecule has 0 saturated carbocycles. The summed E-state index contributed by atoms with van der Waals surface area (Å²) in [5, 5.41) is 0. The van der Waals surface area contributed by atoms with Gasteiger partial charge in [0.2, 0.25) is 0 Å². The van der Waals surface area contributed by atoms with Crippen LogP contribution in [-0.2, 0) is 0 Å². The van der Waals surface area contributed by atoms with Gasteiger partial charge >= 0.3 is 0 Å². The molecule has 1 heteroatoms. The van der Waals surface area contributed by atoms with Crippen molar-refractivity contribution >= 4 is 22.6 Å². The van der Waals surface area contributed by atoms with E-state index in [-0.39, 0.29) is 0 Å². The van der Waals surface area contributed by atoms with Crippen LogP contribution in [-0.4, -0.2) is 0 Å². The summed E-state index contributed by atoms with van der Waals surface area (Å²) >= 11 is 2.25. The Morgan fingerprint density at radius 1 is 1.60 bits per heavy atom. The molecule has 0 atom stereocenters. The highest BCUT2D eigenvalue weighted by Gasteiger charge is 1.90. The first-order chi connectivity index (χ1) is 4.84. The summed E-state index contributed by atoms with van der Waals surface area (Å²) in [5.41, 5.74) is 0.991. The van der Waals surface area contributed by atoms with Gasteiger partial charge in [-0.3, -0.25) is 0 Å². The first-order valence-corrected chi connectivity index (χ1v) is 4.01. The molecule has 0 amide bonds. The van der Waals surface area contributed by atoms with Crippen LogP contribution in [0.3, 0.4) is 0 Å². The van der Waals surface area contributed by atoms with Crippen LogP contribution in [0.2, 0.25) is 0 Å². The number of rotatable bonds is 0. The van der Waals surface area contributed by atoms with E-state index >= 15 is 0 Å². The van der Waals surface area contributed by atoms with Gasteiger partial charge < -0.3 is 0 Å². The lowest BCUT2D eigenvalue weighted by Crippen LogP contribution is -1.78. The number of halogens is 1. The van der Waals surface area contributed by atoms with Crippen LogP contribution in [0.25, 0.3) is 0 Å². The maximum Gasteiger partial charge on any atom is 0.0457 e. The van der Waals surface area contributed by atoms with Crippen molar-refractivity contribution in [2.45, 2.75) is 6.92 Å². The quantitative estimate of drug-likeness (QED) is 0.483. The SMILES string of the molecule is CC#Cc1[c]cccc1I. The van der Waals surface area contributed by atoms with Crippen molar-refractivity contribution in [3.63, 3.8) is 0 Å². The molecule has 0 bridgehead atoms. The van der Waals surface area contributed by atoms with Crippen molar-refractivity contribution in [3.05, 3.63) is 33.4 Å². The zero-order valence-electron chi connectivity index (χ0n) is 5.61. The molecule has 0 unspecified atom stereocenters. The Morgan fingerprint density at radius 2 is 2.40 bits per heavy atom. The zero-order chi connectivity index (χ0) is 7.40. The topological polar surface area (TPSA) is 0 Å². The van der Waals surface area contributed by atoms with Crippen LogP contribution in [0.15, 0.2) is 18.2 Å². The summed E-state index contributed by atoms with van der Waals surface area (Å²) < 4.78 is 1.16. The van der Waals surface area contributed by atoms with Gasteiger partial charge in [0.05, 0.1) is 0 Å². The van der Waals surface area contributed by atoms with E-state index in [9.17, 15) is 0 Å². The molecule has 0 nitrogen and oxygen atoms in total. The van der Waals surface area contributed by atoms with Gasteiger partial charge in [-0.2, -0.15) is 0 Å². The number of benzene rings is 1. The summed E-state index contributed by atoms with van der Waals surface area (Å²) in [6, 6.07) is 8.92. The molecule has 10 heavy (non-hydrogen) atoms. The van der Waals surface area contributed by atoms with Gasteiger partial charge in [0.25, 0.3) is 0 Å². The van der Waals surface area contributed by atoms with Gasteiger partial charge in [0.1, 0.15) is 0 Å². The van der Waals surface area contributed by atoms with E-state index in [1.165, 1.54) is 0 Å². The summed E-state index contributed by atoms with van der Waals surface area (Å²) in [6.45, 7) is 1.83. The highest BCUT2D eigenvalue weighted by Crippen LogP contribution is 2.08. The normalized spacial score (nSPS) is 8.20. The largest absolute Gasteiger partial charge is 0.101 e. The Balaban J connectivity index is 3.11. The minimum atomic E-state index is 0.991. The molecule has 1 rings (SSSR count). The first kappa shape index (κ1) is 7.62. The van der Waals surface area contributed by atoms with Crippen LogP contribution >= 0.6 is 22.6 Å². The van der Waals surface area contributed by atoms with E-state index < -0.39 is 0 Å². The number of hydrogen-bond donors (Lipinski definition) is 0. The second-order valence-electron chi connectivity index (χ2n) is 1.77. The predicted octanol–water partition coefficient (Wildman–Crippen LogP) is 2.46. The maximum atomic E-state index is 3.06. The molecule has 0 heterocycles.